The van der Waals surface area contributed by atoms with E-state index in [1.165, 1.54) is 6.92 Å². The molecule has 1 aliphatic heterocycles. The van der Waals surface area contributed by atoms with Crippen molar-refractivity contribution < 1.29 is 19.0 Å². The average Bonchev–Trinajstić information content (AvgIpc) is 2.42. The van der Waals surface area contributed by atoms with E-state index < -0.39 is 0 Å². The monoisotopic (exact) mass is 188 g/mol. The Hall–Kier alpha value is -0.610. The zero-order valence-corrected chi connectivity index (χ0v) is 8.28. The number of hydrogen-bond donors (Lipinski definition) is 0. The Morgan fingerprint density at radius 3 is 2.85 bits per heavy atom. The van der Waals surface area contributed by atoms with Crippen LogP contribution in [0, 0.1) is 0 Å². The number of carbonyl (C=O) groups is 1. The van der Waals surface area contributed by atoms with E-state index in [2.05, 4.69) is 0 Å². The Morgan fingerprint density at radius 1 is 1.62 bits per heavy atom. The highest BCUT2D eigenvalue weighted by atomic mass is 16.6. The van der Waals surface area contributed by atoms with E-state index in [0.29, 0.717) is 0 Å². The zero-order valence-electron chi connectivity index (χ0n) is 8.28. The van der Waals surface area contributed by atoms with Crippen LogP contribution in [0.15, 0.2) is 0 Å². The van der Waals surface area contributed by atoms with Gasteiger partial charge in [0.05, 0.1) is 12.2 Å². The molecule has 3 atom stereocenters. The van der Waals surface area contributed by atoms with Crippen molar-refractivity contribution in [2.45, 2.75) is 38.6 Å². The van der Waals surface area contributed by atoms with Crippen molar-refractivity contribution >= 4 is 5.97 Å². The largest absolute Gasteiger partial charge is 0.463 e. The van der Waals surface area contributed by atoms with Gasteiger partial charge in [0.1, 0.15) is 12.7 Å². The molecular weight excluding hydrogens is 172 g/mol. The van der Waals surface area contributed by atoms with Gasteiger partial charge in [-0.1, -0.05) is 0 Å². The highest BCUT2D eigenvalue weighted by Crippen LogP contribution is 2.22. The maximum atomic E-state index is 10.6. The molecule has 0 spiro atoms. The summed E-state index contributed by atoms with van der Waals surface area (Å²) in [6.45, 7) is 3.66. The SMILES string of the molecule is COC1CC(C)OC1COC(C)=O. The van der Waals surface area contributed by atoms with Crippen molar-refractivity contribution in [2.75, 3.05) is 13.7 Å². The molecule has 1 aliphatic rings. The standard InChI is InChI=1S/C9H16O4/c1-6-4-8(11-3)9(13-6)5-12-7(2)10/h6,8-9H,4-5H2,1-3H3. The molecule has 1 fully saturated rings. The summed E-state index contributed by atoms with van der Waals surface area (Å²) < 4.78 is 15.6. The van der Waals surface area contributed by atoms with E-state index in [4.69, 9.17) is 14.2 Å². The molecule has 76 valence electrons. The van der Waals surface area contributed by atoms with E-state index in [0.717, 1.165) is 6.42 Å². The summed E-state index contributed by atoms with van der Waals surface area (Å²) in [5.41, 5.74) is 0. The number of hydrogen-bond acceptors (Lipinski definition) is 4. The summed E-state index contributed by atoms with van der Waals surface area (Å²) in [5.74, 6) is -0.280. The van der Waals surface area contributed by atoms with Crippen molar-refractivity contribution in [2.24, 2.45) is 0 Å². The van der Waals surface area contributed by atoms with Crippen LogP contribution in [-0.2, 0) is 19.0 Å². The van der Waals surface area contributed by atoms with Gasteiger partial charge in [0.15, 0.2) is 0 Å². The maximum absolute atomic E-state index is 10.6. The first-order valence-corrected chi connectivity index (χ1v) is 4.45. The number of methoxy groups -OCH3 is 1. The third kappa shape index (κ3) is 2.97. The Kier molecular flexibility index (Phi) is 3.69. The van der Waals surface area contributed by atoms with Crippen LogP contribution in [0.2, 0.25) is 0 Å². The summed E-state index contributed by atoms with van der Waals surface area (Å²) in [6, 6.07) is 0. The van der Waals surface area contributed by atoms with Crippen LogP contribution in [0.1, 0.15) is 20.3 Å². The molecule has 0 aromatic heterocycles. The van der Waals surface area contributed by atoms with Gasteiger partial charge in [0.25, 0.3) is 0 Å². The van der Waals surface area contributed by atoms with Gasteiger partial charge in [-0.25, -0.2) is 0 Å². The van der Waals surface area contributed by atoms with Crippen molar-refractivity contribution in [3.05, 3.63) is 0 Å². The van der Waals surface area contributed by atoms with E-state index in [1.807, 2.05) is 6.92 Å². The smallest absolute Gasteiger partial charge is 0.302 e. The minimum absolute atomic E-state index is 0.0503. The molecule has 0 aliphatic carbocycles. The molecule has 13 heavy (non-hydrogen) atoms. The molecule has 4 heteroatoms. The van der Waals surface area contributed by atoms with Crippen LogP contribution in [0.5, 0.6) is 0 Å². The van der Waals surface area contributed by atoms with Gasteiger partial charge >= 0.3 is 5.97 Å². The highest BCUT2D eigenvalue weighted by molar-refractivity contribution is 5.65. The number of esters is 1. The van der Waals surface area contributed by atoms with Gasteiger partial charge in [-0.05, 0) is 6.92 Å². The first-order chi connectivity index (χ1) is 6.13. The minimum atomic E-state index is -0.280. The average molecular weight is 188 g/mol. The summed E-state index contributed by atoms with van der Waals surface area (Å²) in [6.07, 6.45) is 0.992. The van der Waals surface area contributed by atoms with Gasteiger partial charge < -0.3 is 14.2 Å². The second-order valence-corrected chi connectivity index (χ2v) is 3.30. The second-order valence-electron chi connectivity index (χ2n) is 3.30. The fourth-order valence-corrected chi connectivity index (χ4v) is 1.51. The molecular formula is C9H16O4. The number of ether oxygens (including phenoxy) is 3. The normalized spacial score (nSPS) is 33.3. The molecule has 3 unspecified atom stereocenters. The predicted octanol–water partition coefficient (Wildman–Crippen LogP) is 0.742. The zero-order chi connectivity index (χ0) is 9.84. The molecule has 4 nitrogen and oxygen atoms in total. The molecule has 0 aromatic carbocycles. The molecule has 0 saturated carbocycles. The van der Waals surface area contributed by atoms with Crippen molar-refractivity contribution in [1.29, 1.82) is 0 Å². The van der Waals surface area contributed by atoms with E-state index >= 15 is 0 Å². The van der Waals surface area contributed by atoms with Gasteiger partial charge in [-0.3, -0.25) is 4.79 Å². The molecule has 0 aromatic rings. The molecule has 0 radical (unpaired) electrons. The Morgan fingerprint density at radius 2 is 2.31 bits per heavy atom. The molecule has 0 amide bonds. The summed E-state index contributed by atoms with van der Waals surface area (Å²) in [7, 11) is 1.65. The molecule has 1 heterocycles. The van der Waals surface area contributed by atoms with Crippen molar-refractivity contribution in [3.63, 3.8) is 0 Å². The predicted molar refractivity (Wildman–Crippen MR) is 46.4 cm³/mol. The van der Waals surface area contributed by atoms with E-state index in [9.17, 15) is 4.79 Å². The lowest BCUT2D eigenvalue weighted by molar-refractivity contribution is -0.146. The van der Waals surface area contributed by atoms with E-state index in [-0.39, 0.29) is 30.9 Å². The highest BCUT2D eigenvalue weighted by Gasteiger charge is 2.33. The molecule has 0 bridgehead atoms. The lowest BCUT2D eigenvalue weighted by atomic mass is 10.1. The topological polar surface area (TPSA) is 44.8 Å². The first-order valence-electron chi connectivity index (χ1n) is 4.45. The fraction of sp³-hybridized carbons (Fsp3) is 0.889. The fourth-order valence-electron chi connectivity index (χ4n) is 1.51. The second kappa shape index (κ2) is 4.58. The lowest BCUT2D eigenvalue weighted by Crippen LogP contribution is -2.29. The summed E-state index contributed by atoms with van der Waals surface area (Å²) in [4.78, 5) is 10.6. The molecule has 0 N–H and O–H groups in total. The van der Waals surface area contributed by atoms with Crippen LogP contribution < -0.4 is 0 Å². The quantitative estimate of drug-likeness (QED) is 0.613. The third-order valence-corrected chi connectivity index (χ3v) is 2.14. The van der Waals surface area contributed by atoms with Crippen LogP contribution in [0.3, 0.4) is 0 Å². The molecule has 1 saturated heterocycles. The number of rotatable bonds is 3. The molecule has 1 rings (SSSR count). The summed E-state index contributed by atoms with van der Waals surface area (Å²) in [5, 5.41) is 0. The van der Waals surface area contributed by atoms with Gasteiger partial charge in [0.2, 0.25) is 0 Å². The summed E-state index contributed by atoms with van der Waals surface area (Å²) >= 11 is 0. The van der Waals surface area contributed by atoms with Gasteiger partial charge in [-0.2, -0.15) is 0 Å². The Balaban J connectivity index is 2.35. The van der Waals surface area contributed by atoms with Crippen molar-refractivity contribution in [3.8, 4) is 0 Å². The minimum Gasteiger partial charge on any atom is -0.463 e. The van der Waals surface area contributed by atoms with Crippen LogP contribution >= 0.6 is 0 Å². The Bertz CT molecular complexity index is 180. The van der Waals surface area contributed by atoms with E-state index in [1.54, 1.807) is 7.11 Å². The van der Waals surface area contributed by atoms with Crippen LogP contribution in [-0.4, -0.2) is 38.0 Å². The number of carbonyl (C=O) groups excluding carboxylic acids is 1. The third-order valence-electron chi connectivity index (χ3n) is 2.14. The first kappa shape index (κ1) is 10.5. The van der Waals surface area contributed by atoms with Crippen LogP contribution in [0.25, 0.3) is 0 Å². The van der Waals surface area contributed by atoms with Gasteiger partial charge in [-0.15, -0.1) is 0 Å². The van der Waals surface area contributed by atoms with Gasteiger partial charge in [0, 0.05) is 20.5 Å². The van der Waals surface area contributed by atoms with Crippen molar-refractivity contribution in [1.82, 2.24) is 0 Å². The van der Waals surface area contributed by atoms with Crippen LogP contribution in [0.4, 0.5) is 0 Å². The lowest BCUT2D eigenvalue weighted by Gasteiger charge is -2.16. The maximum Gasteiger partial charge on any atom is 0.302 e. The Labute approximate surface area is 78.2 Å².